The highest BCUT2D eigenvalue weighted by Gasteiger charge is 2.18. The predicted molar refractivity (Wildman–Crippen MR) is 130 cm³/mol. The van der Waals surface area contributed by atoms with Crippen molar-refractivity contribution in [2.45, 2.75) is 13.0 Å². The second-order valence-electron chi connectivity index (χ2n) is 7.91. The molecule has 0 radical (unpaired) electrons. The largest absolute Gasteiger partial charge is 0.497 e. The van der Waals surface area contributed by atoms with E-state index in [1.807, 2.05) is 52.4 Å². The van der Waals surface area contributed by atoms with Gasteiger partial charge in [-0.05, 0) is 54.4 Å². The van der Waals surface area contributed by atoms with Crippen molar-refractivity contribution < 1.29 is 23.0 Å². The monoisotopic (exact) mass is 493 g/mol. The molecule has 4 aromatic rings. The highest BCUT2D eigenvalue weighted by Crippen LogP contribution is 2.33. The molecular weight excluding hydrogens is 472 g/mol. The van der Waals surface area contributed by atoms with Crippen molar-refractivity contribution in [3.8, 4) is 22.8 Å². The number of benzene rings is 3. The second-order valence-corrected chi connectivity index (χ2v) is 8.75. The van der Waals surface area contributed by atoms with Gasteiger partial charge in [0, 0.05) is 23.6 Å². The highest BCUT2D eigenvalue weighted by molar-refractivity contribution is 7.07. The summed E-state index contributed by atoms with van der Waals surface area (Å²) in [6, 6.07) is 16.7. The first-order valence-electron chi connectivity index (χ1n) is 10.9. The van der Waals surface area contributed by atoms with Crippen LogP contribution in [0.2, 0.25) is 0 Å². The number of rotatable bonds is 6. The SMILES string of the molecule is COc1ccc(CCn2c(-c3ccc4c(c3)NC(=O)CO4)csc2=Nc2ccc(F)cc2F)cc1. The quantitative estimate of drug-likeness (QED) is 0.396. The zero-order valence-electron chi connectivity index (χ0n) is 18.8. The van der Waals surface area contributed by atoms with Crippen LogP contribution >= 0.6 is 11.3 Å². The average Bonchev–Trinajstić information content (AvgIpc) is 3.26. The smallest absolute Gasteiger partial charge is 0.262 e. The van der Waals surface area contributed by atoms with Gasteiger partial charge in [0.25, 0.3) is 5.91 Å². The zero-order valence-corrected chi connectivity index (χ0v) is 19.6. The number of ether oxygens (including phenoxy) is 2. The number of methoxy groups -OCH3 is 1. The number of carbonyl (C=O) groups is 1. The van der Waals surface area contributed by atoms with E-state index in [4.69, 9.17) is 9.47 Å². The van der Waals surface area contributed by atoms with E-state index < -0.39 is 11.6 Å². The van der Waals surface area contributed by atoms with Crippen LogP contribution in [0.4, 0.5) is 20.2 Å². The molecule has 6 nitrogen and oxygen atoms in total. The summed E-state index contributed by atoms with van der Waals surface area (Å²) >= 11 is 1.36. The van der Waals surface area contributed by atoms with E-state index in [1.165, 1.54) is 23.5 Å². The molecule has 0 unspecified atom stereocenters. The molecule has 1 N–H and O–H groups in total. The maximum absolute atomic E-state index is 14.3. The Morgan fingerprint density at radius 3 is 2.71 bits per heavy atom. The van der Waals surface area contributed by atoms with Crippen molar-refractivity contribution in [2.75, 3.05) is 19.0 Å². The summed E-state index contributed by atoms with van der Waals surface area (Å²) in [4.78, 5) is 16.8. The molecule has 1 aliphatic heterocycles. The summed E-state index contributed by atoms with van der Waals surface area (Å²) in [5.74, 6) is -0.214. The van der Waals surface area contributed by atoms with E-state index in [0.29, 0.717) is 29.2 Å². The molecule has 3 aromatic carbocycles. The molecule has 0 fully saturated rings. The van der Waals surface area contributed by atoms with E-state index in [0.717, 1.165) is 28.6 Å². The Morgan fingerprint density at radius 2 is 1.94 bits per heavy atom. The molecule has 2 heterocycles. The van der Waals surface area contributed by atoms with Gasteiger partial charge in [0.05, 0.1) is 18.5 Å². The summed E-state index contributed by atoms with van der Waals surface area (Å²) in [5, 5.41) is 4.76. The van der Waals surface area contributed by atoms with Crippen LogP contribution < -0.4 is 19.6 Å². The minimum atomic E-state index is -0.727. The predicted octanol–water partition coefficient (Wildman–Crippen LogP) is 5.31. The van der Waals surface area contributed by atoms with Gasteiger partial charge in [0.1, 0.15) is 23.0 Å². The average molecular weight is 494 g/mol. The lowest BCUT2D eigenvalue weighted by Crippen LogP contribution is -2.25. The number of anilines is 1. The lowest BCUT2D eigenvalue weighted by Gasteiger charge is -2.19. The van der Waals surface area contributed by atoms with Crippen molar-refractivity contribution in [1.29, 1.82) is 0 Å². The number of nitrogens with zero attached hydrogens (tertiary/aromatic N) is 2. The van der Waals surface area contributed by atoms with E-state index in [2.05, 4.69) is 10.3 Å². The lowest BCUT2D eigenvalue weighted by atomic mass is 10.1. The van der Waals surface area contributed by atoms with Crippen LogP contribution in [0.5, 0.6) is 11.5 Å². The third kappa shape index (κ3) is 4.95. The molecule has 1 amide bonds. The van der Waals surface area contributed by atoms with Crippen molar-refractivity contribution in [1.82, 2.24) is 4.57 Å². The number of aromatic nitrogens is 1. The molecule has 0 atom stereocenters. The van der Waals surface area contributed by atoms with Gasteiger partial charge in [0.15, 0.2) is 17.2 Å². The Kier molecular flexibility index (Phi) is 6.33. The number of carbonyl (C=O) groups excluding carboxylic acids is 1. The van der Waals surface area contributed by atoms with Crippen molar-refractivity contribution in [3.63, 3.8) is 0 Å². The van der Waals surface area contributed by atoms with E-state index in [9.17, 15) is 13.6 Å². The Labute approximate surface area is 204 Å². The van der Waals surface area contributed by atoms with E-state index >= 15 is 0 Å². The van der Waals surface area contributed by atoms with Gasteiger partial charge in [0.2, 0.25) is 0 Å². The molecule has 0 aliphatic carbocycles. The third-order valence-electron chi connectivity index (χ3n) is 5.61. The van der Waals surface area contributed by atoms with Crippen LogP contribution in [-0.2, 0) is 17.8 Å². The molecular formula is C26H21F2N3O3S. The fourth-order valence-electron chi connectivity index (χ4n) is 3.82. The van der Waals surface area contributed by atoms with E-state index in [-0.39, 0.29) is 18.2 Å². The zero-order chi connectivity index (χ0) is 24.4. The van der Waals surface area contributed by atoms with Crippen LogP contribution in [0.15, 0.2) is 71.0 Å². The van der Waals surface area contributed by atoms with Gasteiger partial charge in [-0.2, -0.15) is 0 Å². The minimum absolute atomic E-state index is 0.0150. The third-order valence-corrected chi connectivity index (χ3v) is 6.48. The molecule has 1 aliphatic rings. The van der Waals surface area contributed by atoms with Gasteiger partial charge < -0.3 is 19.4 Å². The number of thiazole rings is 1. The number of halogens is 2. The number of aryl methyl sites for hydroxylation is 1. The van der Waals surface area contributed by atoms with Crippen LogP contribution in [0.3, 0.4) is 0 Å². The maximum atomic E-state index is 14.3. The summed E-state index contributed by atoms with van der Waals surface area (Å²) in [7, 11) is 1.62. The number of hydrogen-bond donors (Lipinski definition) is 1. The summed E-state index contributed by atoms with van der Waals surface area (Å²) in [6.07, 6.45) is 0.692. The number of amides is 1. The highest BCUT2D eigenvalue weighted by atomic mass is 32.1. The molecule has 0 spiro atoms. The maximum Gasteiger partial charge on any atom is 0.262 e. The summed E-state index contributed by atoms with van der Waals surface area (Å²) < 4.78 is 40.4. The van der Waals surface area contributed by atoms with Crippen molar-refractivity contribution in [2.24, 2.45) is 4.99 Å². The van der Waals surface area contributed by atoms with Gasteiger partial charge in [-0.15, -0.1) is 11.3 Å². The molecule has 178 valence electrons. The molecule has 0 saturated carbocycles. The Balaban J connectivity index is 1.55. The first-order chi connectivity index (χ1) is 17.0. The first kappa shape index (κ1) is 22.8. The van der Waals surface area contributed by atoms with Crippen molar-refractivity contribution in [3.05, 3.63) is 88.0 Å². The molecule has 9 heteroatoms. The molecule has 35 heavy (non-hydrogen) atoms. The normalized spacial score (nSPS) is 13.2. The van der Waals surface area contributed by atoms with Crippen LogP contribution in [0, 0.1) is 11.6 Å². The van der Waals surface area contributed by atoms with E-state index in [1.54, 1.807) is 7.11 Å². The second kappa shape index (κ2) is 9.71. The summed E-state index contributed by atoms with van der Waals surface area (Å²) in [5.41, 5.74) is 3.45. The molecule has 1 aromatic heterocycles. The van der Waals surface area contributed by atoms with Crippen LogP contribution in [-0.4, -0.2) is 24.2 Å². The molecule has 0 saturated heterocycles. The standard InChI is InChI=1S/C26H21F2N3O3S/c1-33-19-6-2-16(3-7-19)10-11-31-23(17-4-9-24-22(12-17)29-25(32)14-34-24)15-35-26(31)30-21-8-5-18(27)13-20(21)28/h2-9,12-13,15H,10-11,14H2,1H3,(H,29,32). The van der Waals surface area contributed by atoms with Gasteiger partial charge in [-0.3, -0.25) is 4.79 Å². The lowest BCUT2D eigenvalue weighted by molar-refractivity contribution is -0.118. The number of hydrogen-bond acceptors (Lipinski definition) is 5. The Morgan fingerprint density at radius 1 is 1.11 bits per heavy atom. The number of fused-ring (bicyclic) bond motifs is 1. The van der Waals surface area contributed by atoms with Gasteiger partial charge in [-0.25, -0.2) is 13.8 Å². The summed E-state index contributed by atoms with van der Waals surface area (Å²) in [6.45, 7) is 0.547. The van der Waals surface area contributed by atoms with Gasteiger partial charge >= 0.3 is 0 Å². The Bertz CT molecular complexity index is 1460. The first-order valence-corrected chi connectivity index (χ1v) is 11.8. The topological polar surface area (TPSA) is 64.8 Å². The van der Waals surface area contributed by atoms with Crippen LogP contribution in [0.25, 0.3) is 11.3 Å². The van der Waals surface area contributed by atoms with Gasteiger partial charge in [-0.1, -0.05) is 12.1 Å². The van der Waals surface area contributed by atoms with Crippen LogP contribution in [0.1, 0.15) is 5.56 Å². The molecule has 0 bridgehead atoms. The fraction of sp³-hybridized carbons (Fsp3) is 0.154. The minimum Gasteiger partial charge on any atom is -0.497 e. The number of nitrogens with one attached hydrogen (secondary N) is 1. The molecule has 5 rings (SSSR count). The Hall–Kier alpha value is -3.98. The van der Waals surface area contributed by atoms with Crippen molar-refractivity contribution >= 4 is 28.6 Å². The fourth-order valence-corrected chi connectivity index (χ4v) is 4.76.